The van der Waals surface area contributed by atoms with Crippen LogP contribution < -0.4 is 5.73 Å². The minimum Gasteiger partial charge on any atom is -0.380 e. The molecule has 1 aliphatic rings. The van der Waals surface area contributed by atoms with Crippen molar-refractivity contribution in [3.8, 4) is 0 Å². The third-order valence-corrected chi connectivity index (χ3v) is 2.28. The van der Waals surface area contributed by atoms with E-state index in [0.29, 0.717) is 10.9 Å². The first kappa shape index (κ1) is 6.52. The van der Waals surface area contributed by atoms with E-state index in [2.05, 4.69) is 15.9 Å². The van der Waals surface area contributed by atoms with Gasteiger partial charge >= 0.3 is 0 Å². The first-order valence-corrected chi connectivity index (χ1v) is 3.69. The number of rotatable bonds is 0. The molecule has 0 aromatic rings. The van der Waals surface area contributed by atoms with E-state index >= 15 is 0 Å². The molecule has 0 radical (unpaired) electrons. The molecule has 2 nitrogen and oxygen atoms in total. The van der Waals surface area contributed by atoms with Gasteiger partial charge < -0.3 is 10.5 Å². The van der Waals surface area contributed by atoms with E-state index in [1.807, 2.05) is 0 Å². The molecule has 0 amide bonds. The van der Waals surface area contributed by atoms with E-state index in [9.17, 15) is 0 Å². The number of nitrogens with two attached hydrogens (primary N) is 1. The normalized spacial score (nSPS) is 39.8. The Kier molecular flexibility index (Phi) is 2.28. The number of ether oxygens (including phenoxy) is 1. The molecule has 8 heavy (non-hydrogen) atoms. The Morgan fingerprint density at radius 3 is 2.75 bits per heavy atom. The summed E-state index contributed by atoms with van der Waals surface area (Å²) in [7, 11) is 0. The van der Waals surface area contributed by atoms with Crippen molar-refractivity contribution < 1.29 is 4.74 Å². The van der Waals surface area contributed by atoms with E-state index in [1.54, 1.807) is 0 Å². The maximum absolute atomic E-state index is 5.65. The zero-order chi connectivity index (χ0) is 5.98. The lowest BCUT2D eigenvalue weighted by molar-refractivity contribution is 0.0932. The molecule has 0 aromatic heterocycles. The lowest BCUT2D eigenvalue weighted by atomic mass is 10.1. The topological polar surface area (TPSA) is 35.2 Å². The van der Waals surface area contributed by atoms with Gasteiger partial charge in [0.1, 0.15) is 0 Å². The van der Waals surface area contributed by atoms with Crippen LogP contribution in [-0.4, -0.2) is 24.1 Å². The predicted octanol–water partition coefficient (Wildman–Crippen LogP) is 0.497. The molecule has 48 valence electrons. The number of alkyl halides is 1. The van der Waals surface area contributed by atoms with Crippen LogP contribution in [0.1, 0.15) is 6.42 Å². The second-order valence-electron chi connectivity index (χ2n) is 2.04. The molecule has 0 spiro atoms. The smallest absolute Gasteiger partial charge is 0.0606 e. The van der Waals surface area contributed by atoms with Gasteiger partial charge in [-0.25, -0.2) is 0 Å². The van der Waals surface area contributed by atoms with Gasteiger partial charge in [0.15, 0.2) is 0 Å². The molecule has 0 bridgehead atoms. The standard InChI is InChI=1S/C5H10BrNO/c6-4-3-8-2-1-5(4)7/h4-5H,1-3,7H2/t4-,5-/m0/s1. The van der Waals surface area contributed by atoms with Gasteiger partial charge in [0.05, 0.1) is 11.4 Å². The van der Waals surface area contributed by atoms with Crippen molar-refractivity contribution in [2.45, 2.75) is 17.3 Å². The first-order valence-electron chi connectivity index (χ1n) is 2.78. The summed E-state index contributed by atoms with van der Waals surface area (Å²) in [6.45, 7) is 1.59. The fraction of sp³-hybridized carbons (Fsp3) is 1.00. The Bertz CT molecular complexity index is 68.8. The van der Waals surface area contributed by atoms with Crippen LogP contribution in [0.15, 0.2) is 0 Å². The van der Waals surface area contributed by atoms with Gasteiger partial charge in [0.2, 0.25) is 0 Å². The summed E-state index contributed by atoms with van der Waals surface area (Å²) < 4.78 is 5.13. The molecule has 1 saturated heterocycles. The van der Waals surface area contributed by atoms with E-state index < -0.39 is 0 Å². The second-order valence-corrected chi connectivity index (χ2v) is 3.22. The van der Waals surface area contributed by atoms with E-state index in [1.165, 1.54) is 0 Å². The van der Waals surface area contributed by atoms with Crippen molar-refractivity contribution in [3.63, 3.8) is 0 Å². The highest BCUT2D eigenvalue weighted by Crippen LogP contribution is 2.12. The Labute approximate surface area is 57.5 Å². The molecule has 1 aliphatic heterocycles. The molecule has 0 aromatic carbocycles. The molecular formula is C5H10BrNO. The number of hydrogen-bond acceptors (Lipinski definition) is 2. The van der Waals surface area contributed by atoms with Crippen LogP contribution in [-0.2, 0) is 4.74 Å². The van der Waals surface area contributed by atoms with Gasteiger partial charge in [0, 0.05) is 12.6 Å². The summed E-state index contributed by atoms with van der Waals surface area (Å²) in [5.41, 5.74) is 5.65. The summed E-state index contributed by atoms with van der Waals surface area (Å²) in [4.78, 5) is 0.372. The van der Waals surface area contributed by atoms with E-state index in [4.69, 9.17) is 10.5 Å². The molecule has 1 heterocycles. The molecule has 2 atom stereocenters. The van der Waals surface area contributed by atoms with E-state index in [-0.39, 0.29) is 0 Å². The van der Waals surface area contributed by atoms with Crippen LogP contribution in [0.25, 0.3) is 0 Å². The molecule has 1 fully saturated rings. The van der Waals surface area contributed by atoms with E-state index in [0.717, 1.165) is 19.6 Å². The zero-order valence-electron chi connectivity index (χ0n) is 4.64. The van der Waals surface area contributed by atoms with Gasteiger partial charge in [-0.2, -0.15) is 0 Å². The Morgan fingerprint density at radius 1 is 1.62 bits per heavy atom. The molecule has 0 unspecified atom stereocenters. The van der Waals surface area contributed by atoms with Crippen molar-refractivity contribution in [1.29, 1.82) is 0 Å². The molecular weight excluding hydrogens is 170 g/mol. The van der Waals surface area contributed by atoms with Crippen LogP contribution in [0.5, 0.6) is 0 Å². The van der Waals surface area contributed by atoms with Gasteiger partial charge in [-0.1, -0.05) is 15.9 Å². The fourth-order valence-electron chi connectivity index (χ4n) is 0.720. The highest BCUT2D eigenvalue weighted by Gasteiger charge is 2.18. The third kappa shape index (κ3) is 1.44. The quantitative estimate of drug-likeness (QED) is 0.551. The van der Waals surface area contributed by atoms with Crippen LogP contribution in [0.3, 0.4) is 0 Å². The van der Waals surface area contributed by atoms with Crippen LogP contribution in [0.4, 0.5) is 0 Å². The van der Waals surface area contributed by atoms with Crippen LogP contribution in [0, 0.1) is 0 Å². The van der Waals surface area contributed by atoms with Crippen molar-refractivity contribution in [3.05, 3.63) is 0 Å². The third-order valence-electron chi connectivity index (χ3n) is 1.34. The van der Waals surface area contributed by atoms with Gasteiger partial charge in [-0.15, -0.1) is 0 Å². The number of hydrogen-bond donors (Lipinski definition) is 1. The van der Waals surface area contributed by atoms with Crippen LogP contribution >= 0.6 is 15.9 Å². The van der Waals surface area contributed by atoms with Gasteiger partial charge in [-0.3, -0.25) is 0 Å². The lowest BCUT2D eigenvalue weighted by Crippen LogP contribution is -2.38. The molecule has 0 aliphatic carbocycles. The Hall–Kier alpha value is 0.400. The summed E-state index contributed by atoms with van der Waals surface area (Å²) in [6.07, 6.45) is 0.982. The van der Waals surface area contributed by atoms with Crippen molar-refractivity contribution in [2.24, 2.45) is 5.73 Å². The lowest BCUT2D eigenvalue weighted by Gasteiger charge is -2.23. The number of halogens is 1. The van der Waals surface area contributed by atoms with Crippen molar-refractivity contribution in [2.75, 3.05) is 13.2 Å². The molecule has 3 heteroatoms. The average molecular weight is 180 g/mol. The minimum atomic E-state index is 0.295. The van der Waals surface area contributed by atoms with Crippen LogP contribution in [0.2, 0.25) is 0 Å². The summed E-state index contributed by atoms with van der Waals surface area (Å²) in [6, 6.07) is 0.295. The Morgan fingerprint density at radius 2 is 2.38 bits per heavy atom. The monoisotopic (exact) mass is 179 g/mol. The zero-order valence-corrected chi connectivity index (χ0v) is 6.23. The minimum absolute atomic E-state index is 0.295. The largest absolute Gasteiger partial charge is 0.380 e. The van der Waals surface area contributed by atoms with Gasteiger partial charge in [0.25, 0.3) is 0 Å². The summed E-state index contributed by atoms with van der Waals surface area (Å²) in [5, 5.41) is 0. The predicted molar refractivity (Wildman–Crippen MR) is 36.1 cm³/mol. The molecule has 1 rings (SSSR count). The summed E-state index contributed by atoms with van der Waals surface area (Å²) >= 11 is 3.40. The maximum atomic E-state index is 5.65. The van der Waals surface area contributed by atoms with Crippen molar-refractivity contribution in [1.82, 2.24) is 0 Å². The maximum Gasteiger partial charge on any atom is 0.0606 e. The fourth-order valence-corrected chi connectivity index (χ4v) is 1.17. The highest BCUT2D eigenvalue weighted by atomic mass is 79.9. The molecule has 2 N–H and O–H groups in total. The average Bonchev–Trinajstić information content (AvgIpc) is 1.77. The SMILES string of the molecule is N[C@H]1CCOC[C@@H]1Br. The Balaban J connectivity index is 2.28. The first-order chi connectivity index (χ1) is 3.80. The summed E-state index contributed by atoms with van der Waals surface area (Å²) in [5.74, 6) is 0. The highest BCUT2D eigenvalue weighted by molar-refractivity contribution is 9.09. The molecule has 0 saturated carbocycles. The van der Waals surface area contributed by atoms with Gasteiger partial charge in [-0.05, 0) is 6.42 Å². The second kappa shape index (κ2) is 2.80. The van der Waals surface area contributed by atoms with Crippen molar-refractivity contribution >= 4 is 15.9 Å².